The number of benzene rings is 2. The van der Waals surface area contributed by atoms with Gasteiger partial charge in [0.05, 0.1) is 10.5 Å². The van der Waals surface area contributed by atoms with Crippen molar-refractivity contribution in [2.75, 3.05) is 26.5 Å². The molecule has 32 heavy (non-hydrogen) atoms. The van der Waals surface area contributed by atoms with Gasteiger partial charge in [-0.15, -0.1) is 0 Å². The van der Waals surface area contributed by atoms with E-state index in [-0.39, 0.29) is 23.0 Å². The van der Waals surface area contributed by atoms with E-state index in [1.54, 1.807) is 18.2 Å². The van der Waals surface area contributed by atoms with Gasteiger partial charge in [0.25, 0.3) is 0 Å². The standard InChI is InChI=1S/C23H25NO7S/c1-15-9-16(2)12-24(11-15)32(27,28)19-6-3-17(4-7-19)23(26)29-13-20(25)18-5-8-21-22(10-18)31-14-30-21/h3-8,10,15-16H,9,11-14H2,1-2H3/t15-,16+. The molecule has 2 aromatic rings. The average Bonchev–Trinajstić information content (AvgIpc) is 3.24. The number of rotatable bonds is 6. The SMILES string of the molecule is C[C@@H]1C[C@H](C)CN(S(=O)(=O)c2ccc(C(=O)OCC(=O)c3ccc4c(c3)OCO4)cc2)C1. The van der Waals surface area contributed by atoms with Gasteiger partial charge in [-0.1, -0.05) is 13.8 Å². The first-order valence-corrected chi connectivity index (χ1v) is 11.9. The number of sulfonamides is 1. The van der Waals surface area contributed by atoms with E-state index < -0.39 is 22.6 Å². The Morgan fingerprint density at radius 1 is 0.969 bits per heavy atom. The first kappa shape index (κ1) is 22.3. The summed E-state index contributed by atoms with van der Waals surface area (Å²) in [6.07, 6.45) is 1.00. The average molecular weight is 460 g/mol. The molecule has 8 nitrogen and oxygen atoms in total. The van der Waals surface area contributed by atoms with E-state index >= 15 is 0 Å². The number of ether oxygens (including phenoxy) is 3. The van der Waals surface area contributed by atoms with Crippen molar-refractivity contribution in [1.29, 1.82) is 0 Å². The third kappa shape index (κ3) is 4.63. The molecule has 2 aromatic carbocycles. The number of carbonyl (C=O) groups excluding carboxylic acids is 2. The van der Waals surface area contributed by atoms with Crippen LogP contribution in [0.5, 0.6) is 11.5 Å². The maximum atomic E-state index is 13.0. The highest BCUT2D eigenvalue weighted by atomic mass is 32.2. The molecule has 0 aliphatic carbocycles. The topological polar surface area (TPSA) is 99.2 Å². The van der Waals surface area contributed by atoms with Gasteiger partial charge in [0.1, 0.15) is 0 Å². The monoisotopic (exact) mass is 459 g/mol. The second kappa shape index (κ2) is 8.91. The van der Waals surface area contributed by atoms with Crippen LogP contribution in [-0.4, -0.2) is 51.0 Å². The van der Waals surface area contributed by atoms with E-state index in [1.807, 2.05) is 13.8 Å². The molecule has 2 aliphatic heterocycles. The molecule has 2 aliphatic rings. The minimum atomic E-state index is -3.63. The van der Waals surface area contributed by atoms with Gasteiger partial charge >= 0.3 is 5.97 Å². The van der Waals surface area contributed by atoms with Crippen molar-refractivity contribution >= 4 is 21.8 Å². The number of Topliss-reactive ketones (excluding diaryl/α,β-unsaturated/α-hetero) is 1. The Hall–Kier alpha value is -2.91. The predicted molar refractivity (Wildman–Crippen MR) is 115 cm³/mol. The maximum absolute atomic E-state index is 13.0. The van der Waals surface area contributed by atoms with Crippen molar-refractivity contribution in [3.8, 4) is 11.5 Å². The Labute approximate surface area is 187 Å². The molecule has 0 radical (unpaired) electrons. The van der Waals surface area contributed by atoms with Gasteiger partial charge in [-0.2, -0.15) is 4.31 Å². The fraction of sp³-hybridized carbons (Fsp3) is 0.391. The van der Waals surface area contributed by atoms with Crippen LogP contribution in [-0.2, 0) is 14.8 Å². The highest BCUT2D eigenvalue weighted by Gasteiger charge is 2.31. The lowest BCUT2D eigenvalue weighted by atomic mass is 9.94. The van der Waals surface area contributed by atoms with Crippen LogP contribution >= 0.6 is 0 Å². The van der Waals surface area contributed by atoms with Crippen molar-refractivity contribution in [2.24, 2.45) is 11.8 Å². The zero-order chi connectivity index (χ0) is 22.9. The highest BCUT2D eigenvalue weighted by Crippen LogP contribution is 2.32. The number of hydrogen-bond acceptors (Lipinski definition) is 7. The molecule has 0 N–H and O–H groups in total. The summed E-state index contributed by atoms with van der Waals surface area (Å²) in [6.45, 7) is 4.72. The Balaban J connectivity index is 1.38. The number of ketones is 1. The second-order valence-electron chi connectivity index (χ2n) is 8.36. The number of nitrogens with zero attached hydrogens (tertiary/aromatic N) is 1. The minimum Gasteiger partial charge on any atom is -0.454 e. The van der Waals surface area contributed by atoms with E-state index in [0.29, 0.717) is 42.0 Å². The van der Waals surface area contributed by atoms with Crippen molar-refractivity contribution in [1.82, 2.24) is 4.31 Å². The lowest BCUT2D eigenvalue weighted by Gasteiger charge is -2.34. The summed E-state index contributed by atoms with van der Waals surface area (Å²) in [5.41, 5.74) is 0.510. The number of carbonyl (C=O) groups is 2. The van der Waals surface area contributed by atoms with E-state index in [0.717, 1.165) is 6.42 Å². The number of hydrogen-bond donors (Lipinski definition) is 0. The fourth-order valence-corrected chi connectivity index (χ4v) is 5.76. The van der Waals surface area contributed by atoms with Crippen LogP contribution in [0.15, 0.2) is 47.4 Å². The lowest BCUT2D eigenvalue weighted by molar-refractivity contribution is 0.0474. The third-order valence-electron chi connectivity index (χ3n) is 5.59. The molecular weight excluding hydrogens is 434 g/mol. The van der Waals surface area contributed by atoms with Crippen LogP contribution in [0.25, 0.3) is 0 Å². The molecule has 0 unspecified atom stereocenters. The Morgan fingerprint density at radius 2 is 1.59 bits per heavy atom. The predicted octanol–water partition coefficient (Wildman–Crippen LogP) is 3.12. The van der Waals surface area contributed by atoms with Gasteiger partial charge < -0.3 is 14.2 Å². The smallest absolute Gasteiger partial charge is 0.338 e. The molecule has 0 amide bonds. The van der Waals surface area contributed by atoms with Crippen LogP contribution in [0.2, 0.25) is 0 Å². The maximum Gasteiger partial charge on any atom is 0.338 e. The van der Waals surface area contributed by atoms with Crippen molar-refractivity contribution in [3.63, 3.8) is 0 Å². The fourth-order valence-electron chi connectivity index (χ4n) is 4.08. The first-order valence-electron chi connectivity index (χ1n) is 10.4. The van der Waals surface area contributed by atoms with Gasteiger partial charge in [0, 0.05) is 18.7 Å². The molecule has 2 heterocycles. The summed E-state index contributed by atoms with van der Waals surface area (Å²) >= 11 is 0. The third-order valence-corrected chi connectivity index (χ3v) is 7.44. The quantitative estimate of drug-likeness (QED) is 0.483. The van der Waals surface area contributed by atoms with Gasteiger partial charge in [-0.3, -0.25) is 4.79 Å². The summed E-state index contributed by atoms with van der Waals surface area (Å²) < 4.78 is 43.0. The van der Waals surface area contributed by atoms with Gasteiger partial charge in [0.2, 0.25) is 16.8 Å². The summed E-state index contributed by atoms with van der Waals surface area (Å²) in [7, 11) is -3.63. The summed E-state index contributed by atoms with van der Waals surface area (Å²) in [5.74, 6) is 0.529. The Morgan fingerprint density at radius 3 is 2.28 bits per heavy atom. The molecule has 4 rings (SSSR count). The van der Waals surface area contributed by atoms with Crippen LogP contribution in [0.1, 0.15) is 41.0 Å². The molecule has 1 fully saturated rings. The molecule has 0 aromatic heterocycles. The van der Waals surface area contributed by atoms with E-state index in [4.69, 9.17) is 14.2 Å². The molecule has 0 bridgehead atoms. The van der Waals surface area contributed by atoms with Crippen LogP contribution in [0, 0.1) is 11.8 Å². The van der Waals surface area contributed by atoms with Gasteiger partial charge in [0.15, 0.2) is 23.9 Å². The first-order chi connectivity index (χ1) is 15.2. The van der Waals surface area contributed by atoms with E-state index in [1.165, 1.54) is 28.6 Å². The Bertz CT molecular complexity index is 1120. The molecule has 2 atom stereocenters. The molecular formula is C23H25NO7S. The molecule has 0 saturated carbocycles. The number of fused-ring (bicyclic) bond motifs is 1. The Kier molecular flexibility index (Phi) is 6.21. The summed E-state index contributed by atoms with van der Waals surface area (Å²) in [4.78, 5) is 24.8. The normalized spacial score (nSPS) is 20.7. The summed E-state index contributed by atoms with van der Waals surface area (Å²) in [5, 5.41) is 0. The van der Waals surface area contributed by atoms with Crippen LogP contribution in [0.3, 0.4) is 0 Å². The van der Waals surface area contributed by atoms with Crippen molar-refractivity contribution in [3.05, 3.63) is 53.6 Å². The molecule has 1 saturated heterocycles. The van der Waals surface area contributed by atoms with Gasteiger partial charge in [-0.25, -0.2) is 13.2 Å². The van der Waals surface area contributed by atoms with E-state index in [9.17, 15) is 18.0 Å². The van der Waals surface area contributed by atoms with Crippen LogP contribution in [0.4, 0.5) is 0 Å². The molecule has 170 valence electrons. The lowest BCUT2D eigenvalue weighted by Crippen LogP contribution is -2.42. The zero-order valence-electron chi connectivity index (χ0n) is 17.9. The van der Waals surface area contributed by atoms with Crippen LogP contribution < -0.4 is 9.47 Å². The highest BCUT2D eigenvalue weighted by molar-refractivity contribution is 7.89. The number of esters is 1. The second-order valence-corrected chi connectivity index (χ2v) is 10.3. The molecule has 0 spiro atoms. The number of piperidine rings is 1. The zero-order valence-corrected chi connectivity index (χ0v) is 18.8. The van der Waals surface area contributed by atoms with Crippen molar-refractivity contribution < 1.29 is 32.2 Å². The minimum absolute atomic E-state index is 0.101. The van der Waals surface area contributed by atoms with E-state index in [2.05, 4.69) is 0 Å². The molecule has 9 heteroatoms. The van der Waals surface area contributed by atoms with Gasteiger partial charge in [-0.05, 0) is 60.7 Å². The summed E-state index contributed by atoms with van der Waals surface area (Å²) in [6, 6.07) is 10.3. The largest absolute Gasteiger partial charge is 0.454 e. The van der Waals surface area contributed by atoms with Crippen molar-refractivity contribution in [2.45, 2.75) is 25.2 Å².